The second-order valence-corrected chi connectivity index (χ2v) is 7.92. The largest absolute Gasteiger partial charge is 0.470 e. The molecular weight excluding hydrogens is 412 g/mol. The predicted molar refractivity (Wildman–Crippen MR) is 84.6 cm³/mol. The molecular formula is C10H15N5O10P2. The number of phosphoric acid groups is 2. The first-order valence-corrected chi connectivity index (χ1v) is 10.2. The molecule has 3 rings (SSSR count). The van der Waals surface area contributed by atoms with E-state index in [1.54, 1.807) is 0 Å². The maximum absolute atomic E-state index is 11.3. The molecule has 17 heteroatoms. The van der Waals surface area contributed by atoms with Crippen molar-refractivity contribution in [3.63, 3.8) is 0 Å². The fraction of sp³-hybridized carbons (Fsp3) is 0.500. The number of rotatable bonds is 6. The van der Waals surface area contributed by atoms with Crippen molar-refractivity contribution in [2.24, 2.45) is 0 Å². The molecule has 1 aliphatic rings. The lowest BCUT2D eigenvalue weighted by molar-refractivity contribution is -0.0498. The van der Waals surface area contributed by atoms with Crippen LogP contribution < -0.4 is 5.73 Å². The van der Waals surface area contributed by atoms with Gasteiger partial charge in [-0.15, -0.1) is 0 Å². The van der Waals surface area contributed by atoms with Crippen LogP contribution in [-0.2, 0) is 22.9 Å². The zero-order chi connectivity index (χ0) is 20.0. The van der Waals surface area contributed by atoms with E-state index in [4.69, 9.17) is 30.0 Å². The third kappa shape index (κ3) is 4.50. The zero-order valence-corrected chi connectivity index (χ0v) is 15.0. The first kappa shape index (κ1) is 20.2. The summed E-state index contributed by atoms with van der Waals surface area (Å²) in [6.07, 6.45) is -3.78. The van der Waals surface area contributed by atoms with E-state index in [0.29, 0.717) is 0 Å². The standard InChI is InChI=1S/C10H15N5O10P2/c11-8-5-9(13-2-12-8)15(3-14-5)10-7(25-27(20,21)22)6(16)4(24-10)1-23-26(17,18)19/h2-4,6-7,10,16H,1H2,(H2,11,12,13)(H2,17,18,19)(H2,20,21,22)/t4-,6+,7+,10+/m0/s1. The van der Waals surface area contributed by atoms with Gasteiger partial charge in [0.2, 0.25) is 0 Å². The minimum atomic E-state index is -5.06. The molecule has 0 radical (unpaired) electrons. The summed E-state index contributed by atoms with van der Waals surface area (Å²) in [7, 11) is -9.94. The second-order valence-electron chi connectivity index (χ2n) is 5.49. The molecule has 3 heterocycles. The van der Waals surface area contributed by atoms with E-state index < -0.39 is 46.8 Å². The summed E-state index contributed by atoms with van der Waals surface area (Å²) in [5, 5.41) is 10.3. The highest BCUT2D eigenvalue weighted by Gasteiger charge is 2.49. The van der Waals surface area contributed by atoms with Crippen LogP contribution in [0.5, 0.6) is 0 Å². The summed E-state index contributed by atoms with van der Waals surface area (Å²) < 4.78 is 37.7. The molecule has 0 saturated carbocycles. The number of aromatic nitrogens is 4. The average molecular weight is 427 g/mol. The summed E-state index contributed by atoms with van der Waals surface area (Å²) >= 11 is 0. The number of ether oxygens (including phenoxy) is 1. The Labute approximate surface area is 150 Å². The topological polar surface area (TPSA) is 233 Å². The van der Waals surface area contributed by atoms with Crippen LogP contribution in [0.2, 0.25) is 0 Å². The zero-order valence-electron chi connectivity index (χ0n) is 13.2. The van der Waals surface area contributed by atoms with E-state index in [9.17, 15) is 14.2 Å². The van der Waals surface area contributed by atoms with Gasteiger partial charge in [0.1, 0.15) is 30.2 Å². The maximum atomic E-state index is 11.3. The van der Waals surface area contributed by atoms with E-state index in [-0.39, 0.29) is 17.0 Å². The Bertz CT molecular complexity index is 926. The van der Waals surface area contributed by atoms with Crippen molar-refractivity contribution < 1.29 is 47.6 Å². The van der Waals surface area contributed by atoms with E-state index in [0.717, 1.165) is 6.33 Å². The number of phosphoric ester groups is 2. The molecule has 150 valence electrons. The Hall–Kier alpha value is -1.51. The quantitative estimate of drug-likeness (QED) is 0.281. The number of aliphatic hydroxyl groups excluding tert-OH is 1. The van der Waals surface area contributed by atoms with Crippen LogP contribution in [0.1, 0.15) is 6.23 Å². The molecule has 0 amide bonds. The predicted octanol–water partition coefficient (Wildman–Crippen LogP) is -1.75. The highest BCUT2D eigenvalue weighted by Crippen LogP contribution is 2.46. The summed E-state index contributed by atoms with van der Waals surface area (Å²) in [4.78, 5) is 47.5. The fourth-order valence-electron chi connectivity index (χ4n) is 2.58. The molecule has 1 fully saturated rings. The van der Waals surface area contributed by atoms with Gasteiger partial charge in [-0.3, -0.25) is 13.6 Å². The minimum absolute atomic E-state index is 0.0335. The number of imidazole rings is 1. The summed E-state index contributed by atoms with van der Waals surface area (Å²) in [5.74, 6) is 0.0335. The molecule has 0 spiro atoms. The van der Waals surface area contributed by atoms with Gasteiger partial charge < -0.3 is 35.2 Å². The van der Waals surface area contributed by atoms with Gasteiger partial charge in [0.15, 0.2) is 17.7 Å². The molecule has 1 aliphatic heterocycles. The van der Waals surface area contributed by atoms with Crippen LogP contribution in [0.15, 0.2) is 12.7 Å². The number of nitrogens with two attached hydrogens (primary N) is 1. The molecule has 2 aromatic rings. The van der Waals surface area contributed by atoms with E-state index in [2.05, 4.69) is 24.0 Å². The van der Waals surface area contributed by atoms with Gasteiger partial charge in [0.05, 0.1) is 12.9 Å². The van der Waals surface area contributed by atoms with E-state index in [1.807, 2.05) is 0 Å². The molecule has 0 aliphatic carbocycles. The van der Waals surface area contributed by atoms with Crippen LogP contribution in [0, 0.1) is 0 Å². The van der Waals surface area contributed by atoms with Crippen molar-refractivity contribution >= 4 is 32.6 Å². The van der Waals surface area contributed by atoms with Crippen LogP contribution >= 0.6 is 15.6 Å². The van der Waals surface area contributed by atoms with Gasteiger partial charge in [-0.25, -0.2) is 24.1 Å². The number of anilines is 1. The Morgan fingerprint density at radius 2 is 1.89 bits per heavy atom. The SMILES string of the molecule is Nc1ncnc2c1ncn2[C@@H]1O[C@@H](COP(=O)(O)O)[C@@H](O)[C@H]1OP(=O)(O)O. The van der Waals surface area contributed by atoms with Gasteiger partial charge in [-0.2, -0.15) is 0 Å². The van der Waals surface area contributed by atoms with Crippen molar-refractivity contribution in [1.82, 2.24) is 19.5 Å². The lowest BCUT2D eigenvalue weighted by atomic mass is 10.1. The monoisotopic (exact) mass is 427 g/mol. The molecule has 2 aromatic heterocycles. The van der Waals surface area contributed by atoms with Crippen molar-refractivity contribution in [1.29, 1.82) is 0 Å². The van der Waals surface area contributed by atoms with Gasteiger partial charge in [-0.1, -0.05) is 0 Å². The van der Waals surface area contributed by atoms with Crippen LogP contribution in [0.4, 0.5) is 5.82 Å². The van der Waals surface area contributed by atoms with Gasteiger partial charge in [0, 0.05) is 0 Å². The molecule has 0 aromatic carbocycles. The van der Waals surface area contributed by atoms with Gasteiger partial charge in [-0.05, 0) is 0 Å². The number of nitrogen functional groups attached to an aromatic ring is 1. The third-order valence-electron chi connectivity index (χ3n) is 3.64. The first-order chi connectivity index (χ1) is 12.5. The number of hydrogen-bond donors (Lipinski definition) is 6. The molecule has 7 N–H and O–H groups in total. The van der Waals surface area contributed by atoms with Crippen molar-refractivity contribution in [3.8, 4) is 0 Å². The average Bonchev–Trinajstić information content (AvgIpc) is 3.07. The number of aliphatic hydroxyl groups is 1. The molecule has 0 unspecified atom stereocenters. The Balaban J connectivity index is 1.95. The van der Waals surface area contributed by atoms with Gasteiger partial charge >= 0.3 is 15.6 Å². The second kappa shape index (κ2) is 7.14. The van der Waals surface area contributed by atoms with E-state index >= 15 is 0 Å². The van der Waals surface area contributed by atoms with Gasteiger partial charge in [0.25, 0.3) is 0 Å². The summed E-state index contributed by atoms with van der Waals surface area (Å²) in [6.45, 7) is -0.771. The Kier molecular flexibility index (Phi) is 5.35. The summed E-state index contributed by atoms with van der Waals surface area (Å²) in [5.41, 5.74) is 5.96. The smallest absolute Gasteiger partial charge is 0.387 e. The molecule has 4 atom stereocenters. The van der Waals surface area contributed by atoms with E-state index in [1.165, 1.54) is 10.9 Å². The highest BCUT2D eigenvalue weighted by atomic mass is 31.2. The fourth-order valence-corrected chi connectivity index (χ4v) is 3.47. The van der Waals surface area contributed by atoms with Crippen molar-refractivity contribution in [3.05, 3.63) is 12.7 Å². The van der Waals surface area contributed by atoms with Crippen LogP contribution in [-0.4, -0.2) is 69.1 Å². The maximum Gasteiger partial charge on any atom is 0.470 e. The minimum Gasteiger partial charge on any atom is -0.387 e. The number of nitrogens with zero attached hydrogens (tertiary/aromatic N) is 4. The number of fused-ring (bicyclic) bond motifs is 1. The van der Waals surface area contributed by atoms with Crippen molar-refractivity contribution in [2.75, 3.05) is 12.3 Å². The Morgan fingerprint density at radius 1 is 1.19 bits per heavy atom. The highest BCUT2D eigenvalue weighted by molar-refractivity contribution is 7.46. The normalized spacial score (nSPS) is 26.7. The molecule has 0 bridgehead atoms. The first-order valence-electron chi connectivity index (χ1n) is 7.17. The molecule has 1 saturated heterocycles. The summed E-state index contributed by atoms with van der Waals surface area (Å²) in [6, 6.07) is 0. The lowest BCUT2D eigenvalue weighted by Gasteiger charge is -2.22. The lowest BCUT2D eigenvalue weighted by Crippen LogP contribution is -2.35. The number of hydrogen-bond acceptors (Lipinski definition) is 10. The van der Waals surface area contributed by atoms with Crippen LogP contribution in [0.25, 0.3) is 11.2 Å². The third-order valence-corrected chi connectivity index (χ3v) is 4.64. The molecule has 27 heavy (non-hydrogen) atoms. The Morgan fingerprint density at radius 3 is 2.52 bits per heavy atom. The van der Waals surface area contributed by atoms with Crippen LogP contribution in [0.3, 0.4) is 0 Å². The van der Waals surface area contributed by atoms with Crippen molar-refractivity contribution in [2.45, 2.75) is 24.5 Å². The molecule has 15 nitrogen and oxygen atoms in total.